The van der Waals surface area contributed by atoms with Crippen molar-refractivity contribution in [1.29, 1.82) is 0 Å². The van der Waals surface area contributed by atoms with Gasteiger partial charge in [-0.05, 0) is 42.4 Å². The highest BCUT2D eigenvalue weighted by molar-refractivity contribution is 9.10. The normalized spacial score (nSPS) is 15.4. The third-order valence-electron chi connectivity index (χ3n) is 3.84. The average Bonchev–Trinajstić information content (AvgIpc) is 2.36. The molecule has 1 aliphatic rings. The first kappa shape index (κ1) is 15.5. The average molecular weight is 343 g/mol. The number of nitrogens with zero attached hydrogens (tertiary/aromatic N) is 3. The number of anilines is 1. The molecule has 5 nitrogen and oxygen atoms in total. The molecule has 0 spiro atoms. The molecule has 1 fully saturated rings. The fourth-order valence-electron chi connectivity index (χ4n) is 2.23. The zero-order chi connectivity index (χ0) is 14.5. The summed E-state index contributed by atoms with van der Waals surface area (Å²) in [6, 6.07) is 0. The van der Waals surface area contributed by atoms with Crippen molar-refractivity contribution in [3.8, 4) is 0 Å². The van der Waals surface area contributed by atoms with E-state index in [1.165, 1.54) is 30.4 Å². The number of rotatable bonds is 7. The van der Waals surface area contributed by atoms with E-state index in [-0.39, 0.29) is 5.56 Å². The molecule has 0 aliphatic heterocycles. The molecule has 1 N–H and O–H groups in total. The van der Waals surface area contributed by atoms with Crippen molar-refractivity contribution < 1.29 is 0 Å². The number of halogens is 1. The van der Waals surface area contributed by atoms with E-state index in [9.17, 15) is 4.79 Å². The monoisotopic (exact) mass is 342 g/mol. The maximum absolute atomic E-state index is 12.2. The van der Waals surface area contributed by atoms with Crippen molar-refractivity contribution in [2.75, 3.05) is 32.5 Å². The van der Waals surface area contributed by atoms with Gasteiger partial charge in [0.25, 0.3) is 5.56 Å². The zero-order valence-corrected chi connectivity index (χ0v) is 13.8. The molecule has 1 saturated carbocycles. The lowest BCUT2D eigenvalue weighted by molar-refractivity contribution is 0.303. The molecule has 1 aromatic rings. The SMILES string of the molecule is CN(C)CCn1ncc(NCCC2CCC2)c(Br)c1=O. The van der Waals surface area contributed by atoms with Crippen LogP contribution < -0.4 is 10.9 Å². The fraction of sp³-hybridized carbons (Fsp3) is 0.714. The van der Waals surface area contributed by atoms with E-state index in [1.54, 1.807) is 6.20 Å². The minimum Gasteiger partial charge on any atom is -0.383 e. The molecule has 1 aromatic heterocycles. The highest BCUT2D eigenvalue weighted by atomic mass is 79.9. The summed E-state index contributed by atoms with van der Waals surface area (Å²) < 4.78 is 2.08. The molecule has 0 atom stereocenters. The summed E-state index contributed by atoms with van der Waals surface area (Å²) >= 11 is 3.39. The molecule has 0 unspecified atom stereocenters. The number of likely N-dealkylation sites (N-methyl/N-ethyl adjacent to an activating group) is 1. The Morgan fingerprint density at radius 2 is 2.25 bits per heavy atom. The zero-order valence-electron chi connectivity index (χ0n) is 12.2. The van der Waals surface area contributed by atoms with Crippen LogP contribution in [0.15, 0.2) is 15.5 Å². The molecule has 0 aromatic carbocycles. The third kappa shape index (κ3) is 4.06. The Kier molecular flexibility index (Phi) is 5.60. The highest BCUT2D eigenvalue weighted by Crippen LogP contribution is 2.29. The molecule has 6 heteroatoms. The molecule has 20 heavy (non-hydrogen) atoms. The molecule has 0 bridgehead atoms. The van der Waals surface area contributed by atoms with E-state index < -0.39 is 0 Å². The van der Waals surface area contributed by atoms with Gasteiger partial charge in [0.2, 0.25) is 0 Å². The largest absolute Gasteiger partial charge is 0.383 e. The Hall–Kier alpha value is -0.880. The van der Waals surface area contributed by atoms with Gasteiger partial charge in [0.05, 0.1) is 18.4 Å². The molecular formula is C14H23BrN4O. The molecule has 0 saturated heterocycles. The molecule has 0 amide bonds. The first-order valence-electron chi connectivity index (χ1n) is 7.22. The Morgan fingerprint density at radius 1 is 1.50 bits per heavy atom. The van der Waals surface area contributed by atoms with Crippen molar-refractivity contribution in [1.82, 2.24) is 14.7 Å². The van der Waals surface area contributed by atoms with Crippen LogP contribution in [-0.4, -0.2) is 41.9 Å². The number of aromatic nitrogens is 2. The van der Waals surface area contributed by atoms with Gasteiger partial charge < -0.3 is 10.2 Å². The highest BCUT2D eigenvalue weighted by Gasteiger charge is 2.17. The predicted molar refractivity (Wildman–Crippen MR) is 85.2 cm³/mol. The van der Waals surface area contributed by atoms with Gasteiger partial charge in [-0.2, -0.15) is 5.10 Å². The van der Waals surface area contributed by atoms with Crippen molar-refractivity contribution in [3.05, 3.63) is 21.0 Å². The summed E-state index contributed by atoms with van der Waals surface area (Å²) in [6.45, 7) is 2.31. The predicted octanol–water partition coefficient (Wildman–Crippen LogP) is 2.17. The van der Waals surface area contributed by atoms with Crippen molar-refractivity contribution >= 4 is 21.6 Å². The van der Waals surface area contributed by atoms with Gasteiger partial charge in [-0.15, -0.1) is 0 Å². The fourth-order valence-corrected chi connectivity index (χ4v) is 2.68. The summed E-state index contributed by atoms with van der Waals surface area (Å²) in [6.07, 6.45) is 7.00. The maximum Gasteiger partial charge on any atom is 0.283 e. The Balaban J connectivity index is 1.92. The number of hydrogen-bond acceptors (Lipinski definition) is 4. The van der Waals surface area contributed by atoms with Gasteiger partial charge in [-0.25, -0.2) is 4.68 Å². The molecule has 2 rings (SSSR count). The molecule has 0 radical (unpaired) electrons. The summed E-state index contributed by atoms with van der Waals surface area (Å²) in [5, 5.41) is 7.54. The van der Waals surface area contributed by atoms with Gasteiger partial charge in [-0.1, -0.05) is 19.3 Å². The van der Waals surface area contributed by atoms with Crippen LogP contribution in [0.1, 0.15) is 25.7 Å². The van der Waals surface area contributed by atoms with Crippen molar-refractivity contribution in [2.24, 2.45) is 5.92 Å². The van der Waals surface area contributed by atoms with E-state index in [0.29, 0.717) is 11.0 Å². The summed E-state index contributed by atoms with van der Waals surface area (Å²) in [4.78, 5) is 14.2. The lowest BCUT2D eigenvalue weighted by Gasteiger charge is -2.25. The van der Waals surface area contributed by atoms with Crippen LogP contribution in [0, 0.1) is 5.92 Å². The molecular weight excluding hydrogens is 320 g/mol. The second-order valence-electron chi connectivity index (χ2n) is 5.72. The van der Waals surface area contributed by atoms with Crippen LogP contribution in [0.4, 0.5) is 5.69 Å². The summed E-state index contributed by atoms with van der Waals surface area (Å²) in [5.74, 6) is 0.870. The van der Waals surface area contributed by atoms with Gasteiger partial charge in [0, 0.05) is 13.1 Å². The van der Waals surface area contributed by atoms with Crippen molar-refractivity contribution in [3.63, 3.8) is 0 Å². The standard InChI is InChI=1S/C14H23BrN4O/c1-18(2)8-9-19-14(20)13(15)12(10-17-19)16-7-6-11-4-3-5-11/h10-11,16H,3-9H2,1-2H3. The molecule has 1 aliphatic carbocycles. The van der Waals surface area contributed by atoms with E-state index >= 15 is 0 Å². The third-order valence-corrected chi connectivity index (χ3v) is 4.60. The minimum absolute atomic E-state index is 0.0690. The quantitative estimate of drug-likeness (QED) is 0.824. The second-order valence-corrected chi connectivity index (χ2v) is 6.51. The Morgan fingerprint density at radius 3 is 2.85 bits per heavy atom. The maximum atomic E-state index is 12.2. The smallest absolute Gasteiger partial charge is 0.283 e. The summed E-state index contributed by atoms with van der Waals surface area (Å²) in [7, 11) is 3.97. The van der Waals surface area contributed by atoms with Crippen LogP contribution in [0.5, 0.6) is 0 Å². The Labute approximate surface area is 128 Å². The van der Waals surface area contributed by atoms with Crippen LogP contribution in [0.2, 0.25) is 0 Å². The first-order chi connectivity index (χ1) is 9.58. The molecule has 112 valence electrons. The van der Waals surface area contributed by atoms with Gasteiger partial charge in [-0.3, -0.25) is 4.79 Å². The topological polar surface area (TPSA) is 50.2 Å². The number of nitrogens with one attached hydrogen (secondary N) is 1. The summed E-state index contributed by atoms with van der Waals surface area (Å²) in [5.41, 5.74) is 0.732. The minimum atomic E-state index is -0.0690. The van der Waals surface area contributed by atoms with E-state index in [4.69, 9.17) is 0 Å². The van der Waals surface area contributed by atoms with E-state index in [0.717, 1.165) is 24.7 Å². The molecule has 1 heterocycles. The van der Waals surface area contributed by atoms with Gasteiger partial charge >= 0.3 is 0 Å². The van der Waals surface area contributed by atoms with Crippen LogP contribution in [0.25, 0.3) is 0 Å². The van der Waals surface area contributed by atoms with E-state index in [1.807, 2.05) is 19.0 Å². The van der Waals surface area contributed by atoms with Crippen LogP contribution >= 0.6 is 15.9 Å². The Bertz CT molecular complexity index is 496. The lowest BCUT2D eigenvalue weighted by atomic mass is 9.83. The number of hydrogen-bond donors (Lipinski definition) is 1. The van der Waals surface area contributed by atoms with Gasteiger partial charge in [0.1, 0.15) is 4.47 Å². The van der Waals surface area contributed by atoms with E-state index in [2.05, 4.69) is 26.3 Å². The van der Waals surface area contributed by atoms with Gasteiger partial charge in [0.15, 0.2) is 0 Å². The lowest BCUT2D eigenvalue weighted by Crippen LogP contribution is -2.29. The van der Waals surface area contributed by atoms with Crippen LogP contribution in [0.3, 0.4) is 0 Å². The second kappa shape index (κ2) is 7.22. The van der Waals surface area contributed by atoms with Crippen LogP contribution in [-0.2, 0) is 6.54 Å². The first-order valence-corrected chi connectivity index (χ1v) is 8.01. The van der Waals surface area contributed by atoms with Crippen molar-refractivity contribution in [2.45, 2.75) is 32.2 Å².